The molecule has 1 aromatic heterocycles. The summed E-state index contributed by atoms with van der Waals surface area (Å²) in [5.41, 5.74) is 6.26. The Morgan fingerprint density at radius 1 is 1.30 bits per heavy atom. The summed E-state index contributed by atoms with van der Waals surface area (Å²) in [7, 11) is 0. The van der Waals surface area contributed by atoms with E-state index in [9.17, 15) is 9.59 Å². The summed E-state index contributed by atoms with van der Waals surface area (Å²) >= 11 is 0. The molecular formula is C16H20N4O3. The molecule has 0 aliphatic heterocycles. The number of aromatic nitrogens is 2. The van der Waals surface area contributed by atoms with Crippen LogP contribution in [0.4, 0.5) is 0 Å². The SMILES string of the molecule is CCOCc1nccn1CC(=O)NNC(=O)c1cccc(C)c1. The van der Waals surface area contributed by atoms with Gasteiger partial charge in [-0.1, -0.05) is 17.7 Å². The van der Waals surface area contributed by atoms with Crippen LogP contribution in [0.25, 0.3) is 0 Å². The van der Waals surface area contributed by atoms with Crippen molar-refractivity contribution in [1.82, 2.24) is 20.4 Å². The van der Waals surface area contributed by atoms with Crippen molar-refractivity contribution < 1.29 is 14.3 Å². The number of imidazole rings is 1. The van der Waals surface area contributed by atoms with Gasteiger partial charge >= 0.3 is 0 Å². The number of ether oxygens (including phenoxy) is 1. The molecule has 0 unspecified atom stereocenters. The molecule has 2 N–H and O–H groups in total. The average molecular weight is 316 g/mol. The third kappa shape index (κ3) is 4.93. The molecule has 2 rings (SSSR count). The van der Waals surface area contributed by atoms with Crippen LogP contribution < -0.4 is 10.9 Å². The van der Waals surface area contributed by atoms with Crippen LogP contribution >= 0.6 is 0 Å². The molecule has 0 aliphatic rings. The Bertz CT molecular complexity index is 681. The minimum Gasteiger partial charge on any atom is -0.374 e. The van der Waals surface area contributed by atoms with E-state index in [1.807, 2.05) is 19.9 Å². The molecule has 0 spiro atoms. The van der Waals surface area contributed by atoms with Crippen LogP contribution in [0.1, 0.15) is 28.7 Å². The van der Waals surface area contributed by atoms with Crippen LogP contribution in [0, 0.1) is 6.92 Å². The smallest absolute Gasteiger partial charge is 0.269 e. The maximum absolute atomic E-state index is 11.9. The monoisotopic (exact) mass is 316 g/mol. The summed E-state index contributed by atoms with van der Waals surface area (Å²) in [6.07, 6.45) is 3.29. The Labute approximate surface area is 134 Å². The van der Waals surface area contributed by atoms with Crippen molar-refractivity contribution in [3.63, 3.8) is 0 Å². The van der Waals surface area contributed by atoms with Crippen LogP contribution in [0.15, 0.2) is 36.7 Å². The lowest BCUT2D eigenvalue weighted by molar-refractivity contribution is -0.122. The minimum absolute atomic E-state index is 0.0521. The molecule has 1 heterocycles. The van der Waals surface area contributed by atoms with Gasteiger partial charge in [0.1, 0.15) is 19.0 Å². The molecule has 0 atom stereocenters. The quantitative estimate of drug-likeness (QED) is 0.784. The van der Waals surface area contributed by atoms with E-state index in [1.54, 1.807) is 35.2 Å². The first kappa shape index (κ1) is 16.7. The lowest BCUT2D eigenvalue weighted by Crippen LogP contribution is -2.43. The van der Waals surface area contributed by atoms with Crippen LogP contribution in [-0.4, -0.2) is 28.0 Å². The van der Waals surface area contributed by atoms with Crippen LogP contribution in [0.3, 0.4) is 0 Å². The fourth-order valence-corrected chi connectivity index (χ4v) is 2.00. The van der Waals surface area contributed by atoms with E-state index >= 15 is 0 Å². The summed E-state index contributed by atoms with van der Waals surface area (Å²) in [5.74, 6) is -0.0454. The van der Waals surface area contributed by atoms with Gasteiger partial charge in [0, 0.05) is 24.6 Å². The van der Waals surface area contributed by atoms with Crippen molar-refractivity contribution in [2.45, 2.75) is 27.0 Å². The normalized spacial score (nSPS) is 10.3. The first-order chi connectivity index (χ1) is 11.1. The minimum atomic E-state index is -0.359. The van der Waals surface area contributed by atoms with Crippen LogP contribution in [0.2, 0.25) is 0 Å². The van der Waals surface area contributed by atoms with Crippen molar-refractivity contribution in [1.29, 1.82) is 0 Å². The van der Waals surface area contributed by atoms with Gasteiger partial charge in [0.25, 0.3) is 11.8 Å². The first-order valence-electron chi connectivity index (χ1n) is 7.33. The molecule has 2 amide bonds. The second-order valence-electron chi connectivity index (χ2n) is 4.98. The average Bonchev–Trinajstić information content (AvgIpc) is 2.97. The van der Waals surface area contributed by atoms with Crippen molar-refractivity contribution in [3.05, 3.63) is 53.6 Å². The van der Waals surface area contributed by atoms with Crippen LogP contribution in [0.5, 0.6) is 0 Å². The second kappa shape index (κ2) is 8.09. The lowest BCUT2D eigenvalue weighted by atomic mass is 10.1. The maximum Gasteiger partial charge on any atom is 0.269 e. The Hall–Kier alpha value is -2.67. The highest BCUT2D eigenvalue weighted by atomic mass is 16.5. The highest BCUT2D eigenvalue weighted by molar-refractivity contribution is 5.95. The highest BCUT2D eigenvalue weighted by Crippen LogP contribution is 2.03. The van der Waals surface area contributed by atoms with Crippen molar-refractivity contribution in [3.8, 4) is 0 Å². The van der Waals surface area contributed by atoms with Gasteiger partial charge in [0.05, 0.1) is 0 Å². The topological polar surface area (TPSA) is 85.2 Å². The van der Waals surface area contributed by atoms with Gasteiger partial charge in [0.15, 0.2) is 0 Å². The predicted molar refractivity (Wildman–Crippen MR) is 84.3 cm³/mol. The second-order valence-corrected chi connectivity index (χ2v) is 4.98. The molecule has 1 aromatic carbocycles. The molecule has 7 nitrogen and oxygen atoms in total. The number of amides is 2. The van der Waals surface area contributed by atoms with Gasteiger partial charge in [-0.15, -0.1) is 0 Å². The summed E-state index contributed by atoms with van der Waals surface area (Å²) < 4.78 is 6.95. The van der Waals surface area contributed by atoms with E-state index in [0.29, 0.717) is 24.6 Å². The van der Waals surface area contributed by atoms with E-state index in [4.69, 9.17) is 4.74 Å². The number of nitrogens with one attached hydrogen (secondary N) is 2. The molecule has 7 heteroatoms. The summed E-state index contributed by atoms with van der Waals surface area (Å²) in [6.45, 7) is 4.75. The number of nitrogens with zero attached hydrogens (tertiary/aromatic N) is 2. The number of hydrogen-bond acceptors (Lipinski definition) is 4. The number of hydrogen-bond donors (Lipinski definition) is 2. The number of rotatable bonds is 6. The maximum atomic E-state index is 11.9. The van der Waals surface area contributed by atoms with E-state index in [1.165, 1.54) is 0 Å². The summed E-state index contributed by atoms with van der Waals surface area (Å²) in [6, 6.07) is 7.12. The Morgan fingerprint density at radius 2 is 2.13 bits per heavy atom. The van der Waals surface area contributed by atoms with Gasteiger partial charge in [-0.2, -0.15) is 0 Å². The molecule has 0 fully saturated rings. The van der Waals surface area contributed by atoms with E-state index in [-0.39, 0.29) is 18.4 Å². The van der Waals surface area contributed by atoms with Crippen molar-refractivity contribution >= 4 is 11.8 Å². The Kier molecular flexibility index (Phi) is 5.87. The van der Waals surface area contributed by atoms with Crippen molar-refractivity contribution in [2.75, 3.05) is 6.61 Å². The molecule has 0 radical (unpaired) electrons. The molecule has 2 aromatic rings. The highest BCUT2D eigenvalue weighted by Gasteiger charge is 2.10. The summed E-state index contributed by atoms with van der Waals surface area (Å²) in [5, 5.41) is 0. The Balaban J connectivity index is 1.86. The third-order valence-corrected chi connectivity index (χ3v) is 3.15. The summed E-state index contributed by atoms with van der Waals surface area (Å²) in [4.78, 5) is 28.0. The van der Waals surface area contributed by atoms with Gasteiger partial charge in [-0.3, -0.25) is 20.4 Å². The zero-order valence-corrected chi connectivity index (χ0v) is 13.2. The molecule has 122 valence electrons. The van der Waals surface area contributed by atoms with E-state index < -0.39 is 0 Å². The van der Waals surface area contributed by atoms with Gasteiger partial charge in [0.2, 0.25) is 0 Å². The number of aryl methyl sites for hydroxylation is 1. The van der Waals surface area contributed by atoms with Gasteiger partial charge in [-0.05, 0) is 26.0 Å². The number of carbonyl (C=O) groups excluding carboxylic acids is 2. The van der Waals surface area contributed by atoms with Crippen LogP contribution in [-0.2, 0) is 22.7 Å². The zero-order valence-electron chi connectivity index (χ0n) is 13.2. The molecule has 0 saturated heterocycles. The molecule has 0 bridgehead atoms. The number of hydrazine groups is 1. The zero-order chi connectivity index (χ0) is 16.7. The Morgan fingerprint density at radius 3 is 2.87 bits per heavy atom. The third-order valence-electron chi connectivity index (χ3n) is 3.15. The fourth-order valence-electron chi connectivity index (χ4n) is 2.00. The molecule has 0 saturated carbocycles. The van der Waals surface area contributed by atoms with Gasteiger partial charge in [-0.25, -0.2) is 4.98 Å². The molecule has 0 aliphatic carbocycles. The number of benzene rings is 1. The largest absolute Gasteiger partial charge is 0.374 e. The lowest BCUT2D eigenvalue weighted by Gasteiger charge is -2.10. The fraction of sp³-hybridized carbons (Fsp3) is 0.312. The first-order valence-corrected chi connectivity index (χ1v) is 7.33. The molecule has 23 heavy (non-hydrogen) atoms. The standard InChI is InChI=1S/C16H20N4O3/c1-3-23-11-14-17-7-8-20(14)10-15(21)18-19-16(22)13-6-4-5-12(2)9-13/h4-9H,3,10-11H2,1-2H3,(H,18,21)(H,19,22). The van der Waals surface area contributed by atoms with Crippen molar-refractivity contribution in [2.24, 2.45) is 0 Å². The van der Waals surface area contributed by atoms with E-state index in [0.717, 1.165) is 5.56 Å². The number of carbonyl (C=O) groups is 2. The van der Waals surface area contributed by atoms with Gasteiger partial charge < -0.3 is 9.30 Å². The van der Waals surface area contributed by atoms with E-state index in [2.05, 4.69) is 15.8 Å². The molecular weight excluding hydrogens is 296 g/mol. The predicted octanol–water partition coefficient (Wildman–Crippen LogP) is 1.19.